The fourth-order valence-electron chi connectivity index (χ4n) is 3.40. The molecule has 1 saturated heterocycles. The van der Waals surface area contributed by atoms with E-state index < -0.39 is 0 Å². The number of rotatable bonds is 8. The molecule has 1 aliphatic heterocycles. The standard InChI is InChI=1S/C20H28N4O3/c1-14-11-22-24(13-16-4-6-17(26-2)18(10-16)27-3)20(14)23-19(25)7-5-15-8-9-21-12-15/h4,6,10-11,15,21H,5,7-9,12-13H2,1-3H3,(H,23,25). The predicted octanol–water partition coefficient (Wildman–Crippen LogP) is 2.59. The average molecular weight is 372 g/mol. The number of ether oxygens (including phenoxy) is 2. The van der Waals surface area contributed by atoms with Crippen LogP contribution in [0.5, 0.6) is 11.5 Å². The van der Waals surface area contributed by atoms with Crippen molar-refractivity contribution in [3.05, 3.63) is 35.5 Å². The highest BCUT2D eigenvalue weighted by molar-refractivity contribution is 5.90. The zero-order chi connectivity index (χ0) is 19.2. The first-order valence-corrected chi connectivity index (χ1v) is 9.34. The molecule has 1 aromatic heterocycles. The number of nitrogens with one attached hydrogen (secondary N) is 2. The molecule has 7 heteroatoms. The summed E-state index contributed by atoms with van der Waals surface area (Å²) < 4.78 is 12.5. The summed E-state index contributed by atoms with van der Waals surface area (Å²) in [6.07, 6.45) is 4.38. The van der Waals surface area contributed by atoms with Crippen LogP contribution in [0, 0.1) is 12.8 Å². The zero-order valence-corrected chi connectivity index (χ0v) is 16.2. The molecular formula is C20H28N4O3. The summed E-state index contributed by atoms with van der Waals surface area (Å²) in [5, 5.41) is 10.8. The average Bonchev–Trinajstić information content (AvgIpc) is 3.31. The third-order valence-electron chi connectivity index (χ3n) is 5.00. The summed E-state index contributed by atoms with van der Waals surface area (Å²) in [5.41, 5.74) is 1.97. The van der Waals surface area contributed by atoms with Gasteiger partial charge in [-0.05, 0) is 56.5 Å². The molecule has 0 saturated carbocycles. The molecule has 7 nitrogen and oxygen atoms in total. The number of benzene rings is 1. The Morgan fingerprint density at radius 1 is 1.33 bits per heavy atom. The number of anilines is 1. The molecule has 1 aromatic carbocycles. The van der Waals surface area contributed by atoms with Gasteiger partial charge in [-0.2, -0.15) is 5.10 Å². The third-order valence-corrected chi connectivity index (χ3v) is 5.00. The molecule has 3 rings (SSSR count). The molecule has 2 heterocycles. The van der Waals surface area contributed by atoms with E-state index in [9.17, 15) is 4.79 Å². The molecule has 1 aliphatic rings. The van der Waals surface area contributed by atoms with Gasteiger partial charge in [0.05, 0.1) is 27.0 Å². The van der Waals surface area contributed by atoms with E-state index >= 15 is 0 Å². The van der Waals surface area contributed by atoms with Crippen LogP contribution in [0.25, 0.3) is 0 Å². The van der Waals surface area contributed by atoms with Crippen molar-refractivity contribution in [3.8, 4) is 11.5 Å². The van der Waals surface area contributed by atoms with Crippen LogP contribution in [0.2, 0.25) is 0 Å². The van der Waals surface area contributed by atoms with Crippen molar-refractivity contribution >= 4 is 11.7 Å². The molecule has 0 radical (unpaired) electrons. The monoisotopic (exact) mass is 372 g/mol. The number of aryl methyl sites for hydroxylation is 1. The van der Waals surface area contributed by atoms with E-state index in [-0.39, 0.29) is 5.91 Å². The fraction of sp³-hybridized carbons (Fsp3) is 0.500. The summed E-state index contributed by atoms with van der Waals surface area (Å²) in [6.45, 7) is 4.57. The van der Waals surface area contributed by atoms with Crippen molar-refractivity contribution in [3.63, 3.8) is 0 Å². The highest BCUT2D eigenvalue weighted by Gasteiger charge is 2.17. The molecule has 146 valence electrons. The van der Waals surface area contributed by atoms with Gasteiger partial charge in [-0.3, -0.25) is 4.79 Å². The second kappa shape index (κ2) is 8.90. The lowest BCUT2D eigenvalue weighted by Gasteiger charge is -2.13. The van der Waals surface area contributed by atoms with Gasteiger partial charge in [-0.1, -0.05) is 6.07 Å². The minimum absolute atomic E-state index is 0.0408. The molecule has 27 heavy (non-hydrogen) atoms. The molecule has 2 aromatic rings. The maximum absolute atomic E-state index is 12.4. The lowest BCUT2D eigenvalue weighted by atomic mass is 10.0. The molecule has 1 unspecified atom stereocenters. The van der Waals surface area contributed by atoms with E-state index in [2.05, 4.69) is 15.7 Å². The summed E-state index contributed by atoms with van der Waals surface area (Å²) in [7, 11) is 3.23. The normalized spacial score (nSPS) is 16.3. The fourth-order valence-corrected chi connectivity index (χ4v) is 3.40. The van der Waals surface area contributed by atoms with Crippen LogP contribution in [-0.4, -0.2) is 43.0 Å². The van der Waals surface area contributed by atoms with Crippen molar-refractivity contribution < 1.29 is 14.3 Å². The molecule has 1 amide bonds. The van der Waals surface area contributed by atoms with E-state index in [0.29, 0.717) is 30.4 Å². The van der Waals surface area contributed by atoms with Crippen LogP contribution in [0.15, 0.2) is 24.4 Å². The topological polar surface area (TPSA) is 77.4 Å². The van der Waals surface area contributed by atoms with Gasteiger partial charge in [-0.25, -0.2) is 4.68 Å². The molecule has 2 N–H and O–H groups in total. The molecule has 0 bridgehead atoms. The highest BCUT2D eigenvalue weighted by atomic mass is 16.5. The largest absolute Gasteiger partial charge is 0.493 e. The number of carbonyl (C=O) groups excluding carboxylic acids is 1. The van der Waals surface area contributed by atoms with Crippen LogP contribution in [0.1, 0.15) is 30.4 Å². The maximum Gasteiger partial charge on any atom is 0.225 e. The Kier molecular flexibility index (Phi) is 6.34. The van der Waals surface area contributed by atoms with E-state index in [1.54, 1.807) is 20.4 Å². The zero-order valence-electron chi connectivity index (χ0n) is 16.2. The van der Waals surface area contributed by atoms with Crippen molar-refractivity contribution in [2.75, 3.05) is 32.6 Å². The lowest BCUT2D eigenvalue weighted by Crippen LogP contribution is -2.18. The Morgan fingerprint density at radius 2 is 2.15 bits per heavy atom. The Hall–Kier alpha value is -2.54. The van der Waals surface area contributed by atoms with E-state index in [1.807, 2.05) is 29.8 Å². The number of hydrogen-bond acceptors (Lipinski definition) is 5. The number of hydrogen-bond donors (Lipinski definition) is 2. The van der Waals surface area contributed by atoms with Gasteiger partial charge >= 0.3 is 0 Å². The Bertz CT molecular complexity index is 782. The second-order valence-electron chi connectivity index (χ2n) is 6.97. The minimum Gasteiger partial charge on any atom is -0.493 e. The van der Waals surface area contributed by atoms with Gasteiger partial charge in [-0.15, -0.1) is 0 Å². The smallest absolute Gasteiger partial charge is 0.225 e. The summed E-state index contributed by atoms with van der Waals surface area (Å²) >= 11 is 0. The van der Waals surface area contributed by atoms with Gasteiger partial charge in [0.15, 0.2) is 11.5 Å². The first-order valence-electron chi connectivity index (χ1n) is 9.34. The van der Waals surface area contributed by atoms with Crippen molar-refractivity contribution in [1.29, 1.82) is 0 Å². The molecule has 1 atom stereocenters. The minimum atomic E-state index is 0.0408. The SMILES string of the molecule is COc1ccc(Cn2ncc(C)c2NC(=O)CCC2CCNC2)cc1OC. The number of carbonyl (C=O) groups is 1. The van der Waals surface area contributed by atoms with Crippen LogP contribution in [0.3, 0.4) is 0 Å². The van der Waals surface area contributed by atoms with Gasteiger partial charge in [0.2, 0.25) is 5.91 Å². The van der Waals surface area contributed by atoms with Crippen molar-refractivity contribution in [2.24, 2.45) is 5.92 Å². The van der Waals surface area contributed by atoms with Crippen molar-refractivity contribution in [1.82, 2.24) is 15.1 Å². The first-order chi connectivity index (χ1) is 13.1. The highest BCUT2D eigenvalue weighted by Crippen LogP contribution is 2.28. The Balaban J connectivity index is 1.66. The van der Waals surface area contributed by atoms with E-state index in [4.69, 9.17) is 9.47 Å². The van der Waals surface area contributed by atoms with Gasteiger partial charge in [0, 0.05) is 12.0 Å². The summed E-state index contributed by atoms with van der Waals surface area (Å²) in [6, 6.07) is 5.77. The molecule has 1 fully saturated rings. The summed E-state index contributed by atoms with van der Waals surface area (Å²) in [5.74, 6) is 2.76. The maximum atomic E-state index is 12.4. The van der Waals surface area contributed by atoms with Crippen LogP contribution in [0.4, 0.5) is 5.82 Å². The summed E-state index contributed by atoms with van der Waals surface area (Å²) in [4.78, 5) is 12.4. The number of methoxy groups -OCH3 is 2. The predicted molar refractivity (Wildman–Crippen MR) is 104 cm³/mol. The second-order valence-corrected chi connectivity index (χ2v) is 6.97. The molecule has 0 spiro atoms. The van der Waals surface area contributed by atoms with E-state index in [1.165, 1.54) is 0 Å². The third kappa shape index (κ3) is 4.80. The quantitative estimate of drug-likeness (QED) is 0.745. The van der Waals surface area contributed by atoms with Gasteiger partial charge < -0.3 is 20.1 Å². The van der Waals surface area contributed by atoms with Crippen LogP contribution in [-0.2, 0) is 11.3 Å². The lowest BCUT2D eigenvalue weighted by molar-refractivity contribution is -0.116. The number of aromatic nitrogens is 2. The van der Waals surface area contributed by atoms with Crippen LogP contribution < -0.4 is 20.1 Å². The number of amides is 1. The molecule has 0 aliphatic carbocycles. The van der Waals surface area contributed by atoms with Gasteiger partial charge in [0.25, 0.3) is 0 Å². The Labute approximate surface area is 160 Å². The first kappa shape index (κ1) is 19.2. The van der Waals surface area contributed by atoms with Crippen LogP contribution >= 0.6 is 0 Å². The molecular weight excluding hydrogens is 344 g/mol. The van der Waals surface area contributed by atoms with Gasteiger partial charge in [0.1, 0.15) is 5.82 Å². The van der Waals surface area contributed by atoms with Crippen molar-refractivity contribution in [2.45, 2.75) is 32.7 Å². The number of nitrogens with zero attached hydrogens (tertiary/aromatic N) is 2. The van der Waals surface area contributed by atoms with E-state index in [0.717, 1.165) is 42.9 Å². The Morgan fingerprint density at radius 3 is 2.85 bits per heavy atom.